The number of oxazole rings is 1. The lowest BCUT2D eigenvalue weighted by Crippen LogP contribution is -2.25. The van der Waals surface area contributed by atoms with Gasteiger partial charge in [0, 0.05) is 18.4 Å². The standard InChI is InChI=1S/C21H18N4O4S2/c1-25(31(27,28)20-12-11-19(30-20)18-13-22-14-29-18)17-9-7-16(8-10-17)24-21(26)23-15-5-3-2-4-6-15/h2-14H,1H3,(H2,23,24,26)/p+1. The monoisotopic (exact) mass is 455 g/mol. The average Bonchev–Trinajstić information content (AvgIpc) is 3.46. The highest BCUT2D eigenvalue weighted by Gasteiger charge is 2.29. The number of amides is 2. The third-order valence-corrected chi connectivity index (χ3v) is 7.82. The molecule has 0 aliphatic carbocycles. The molecule has 1 atom stereocenters. The third kappa shape index (κ3) is 4.60. The van der Waals surface area contributed by atoms with Crippen LogP contribution in [0.25, 0.3) is 10.6 Å². The van der Waals surface area contributed by atoms with E-state index in [0.29, 0.717) is 31.9 Å². The van der Waals surface area contributed by atoms with Crippen molar-refractivity contribution in [2.45, 2.75) is 4.21 Å². The van der Waals surface area contributed by atoms with Crippen molar-refractivity contribution in [3.05, 3.63) is 79.3 Å². The van der Waals surface area contributed by atoms with Crippen molar-refractivity contribution >= 4 is 44.5 Å². The second-order valence-electron chi connectivity index (χ2n) is 6.47. The summed E-state index contributed by atoms with van der Waals surface area (Å²) in [5.41, 5.74) is 1.76. The van der Waals surface area contributed by atoms with Crippen LogP contribution in [0.15, 0.2) is 87.9 Å². The number of anilines is 3. The van der Waals surface area contributed by atoms with Crippen LogP contribution >= 0.6 is 11.3 Å². The SMILES string of the molecule is CN(c1ccc(NC(=O)Nc2ccccc2)cc1)S(=O)(=[OH+])c1ccc(-c2cnco2)s1. The van der Waals surface area contributed by atoms with Gasteiger partial charge in [0.2, 0.25) is 0 Å². The predicted molar refractivity (Wildman–Crippen MR) is 122 cm³/mol. The van der Waals surface area contributed by atoms with E-state index in [1.807, 2.05) is 18.2 Å². The number of nitrogens with zero attached hydrogens (tertiary/aromatic N) is 2. The molecule has 2 aromatic carbocycles. The first-order valence-corrected chi connectivity index (χ1v) is 11.4. The van der Waals surface area contributed by atoms with Crippen LogP contribution in [0.5, 0.6) is 0 Å². The van der Waals surface area contributed by atoms with E-state index in [1.54, 1.807) is 61.8 Å². The van der Waals surface area contributed by atoms with Crippen LogP contribution in [0, 0.1) is 0 Å². The zero-order chi connectivity index (χ0) is 21.8. The maximum atomic E-state index is 13.1. The summed E-state index contributed by atoms with van der Waals surface area (Å²) >= 11 is 1.17. The Morgan fingerprint density at radius 2 is 1.71 bits per heavy atom. The summed E-state index contributed by atoms with van der Waals surface area (Å²) in [6.07, 6.45) is 2.87. The molecule has 2 heterocycles. The Kier molecular flexibility index (Phi) is 5.74. The minimum Gasteiger partial charge on any atom is -0.443 e. The van der Waals surface area contributed by atoms with Gasteiger partial charge in [-0.2, -0.15) is 4.21 Å². The second-order valence-corrected chi connectivity index (χ2v) is 9.79. The largest absolute Gasteiger partial charge is 0.443 e. The molecule has 0 bridgehead atoms. The van der Waals surface area contributed by atoms with Crippen molar-refractivity contribution in [2.24, 2.45) is 0 Å². The van der Waals surface area contributed by atoms with Crippen molar-refractivity contribution in [1.82, 2.24) is 4.98 Å². The van der Waals surface area contributed by atoms with Crippen LogP contribution in [0.4, 0.5) is 21.9 Å². The van der Waals surface area contributed by atoms with Gasteiger partial charge in [0.15, 0.2) is 16.4 Å². The van der Waals surface area contributed by atoms with Gasteiger partial charge in [0.1, 0.15) is 0 Å². The van der Waals surface area contributed by atoms with E-state index in [-0.39, 0.29) is 6.03 Å². The molecule has 4 rings (SSSR count). The third-order valence-electron chi connectivity index (χ3n) is 4.41. The van der Waals surface area contributed by atoms with Gasteiger partial charge in [0.05, 0.1) is 16.8 Å². The summed E-state index contributed by atoms with van der Waals surface area (Å²) in [5, 5.41) is 5.46. The fraction of sp³-hybridized carbons (Fsp3) is 0.0476. The van der Waals surface area contributed by atoms with Gasteiger partial charge in [-0.05, 0) is 48.5 Å². The molecule has 0 aliphatic rings. The van der Waals surface area contributed by atoms with Crippen molar-refractivity contribution in [3.63, 3.8) is 0 Å². The van der Waals surface area contributed by atoms with Crippen molar-refractivity contribution < 1.29 is 17.6 Å². The zero-order valence-electron chi connectivity index (χ0n) is 16.4. The molecule has 0 saturated heterocycles. The number of carbonyl (C=O) groups is 1. The fourth-order valence-corrected chi connectivity index (χ4v) is 5.43. The number of hydrogen-bond acceptors (Lipinski definition) is 5. The van der Waals surface area contributed by atoms with Crippen LogP contribution in [0.3, 0.4) is 0 Å². The van der Waals surface area contributed by atoms with Crippen molar-refractivity contribution in [2.75, 3.05) is 22.0 Å². The molecule has 8 nitrogen and oxygen atoms in total. The summed E-state index contributed by atoms with van der Waals surface area (Å²) < 4.78 is 30.7. The van der Waals surface area contributed by atoms with Gasteiger partial charge in [0.25, 0.3) is 0 Å². The summed E-state index contributed by atoms with van der Waals surface area (Å²) in [5.74, 6) is 0.540. The minimum atomic E-state index is -3.50. The molecule has 0 fully saturated rings. The molecule has 0 radical (unpaired) electrons. The van der Waals surface area contributed by atoms with Gasteiger partial charge in [-0.1, -0.05) is 18.2 Å². The number of aromatic nitrogens is 1. The van der Waals surface area contributed by atoms with E-state index in [4.69, 9.17) is 4.42 Å². The van der Waals surface area contributed by atoms with Crippen molar-refractivity contribution in [3.8, 4) is 10.6 Å². The average molecular weight is 456 g/mol. The number of thiophene rings is 1. The lowest BCUT2D eigenvalue weighted by atomic mass is 10.3. The van der Waals surface area contributed by atoms with Crippen LogP contribution in [-0.4, -0.2) is 26.5 Å². The topological polar surface area (TPSA) is 109 Å². The molecule has 2 aromatic heterocycles. The Balaban J connectivity index is 1.45. The molecule has 2 amide bonds. The molecule has 4 aromatic rings. The van der Waals surface area contributed by atoms with E-state index in [2.05, 4.69) is 15.6 Å². The van der Waals surface area contributed by atoms with E-state index < -0.39 is 10.0 Å². The smallest absolute Gasteiger partial charge is 0.408 e. The highest BCUT2D eigenvalue weighted by atomic mass is 32.2. The number of urea groups is 1. The zero-order valence-corrected chi connectivity index (χ0v) is 18.0. The maximum Gasteiger partial charge on any atom is 0.408 e. The number of benzene rings is 2. The highest BCUT2D eigenvalue weighted by molar-refractivity contribution is 7.94. The highest BCUT2D eigenvalue weighted by Crippen LogP contribution is 2.33. The Morgan fingerprint density at radius 1 is 1.03 bits per heavy atom. The molecule has 31 heavy (non-hydrogen) atoms. The van der Waals surface area contributed by atoms with Crippen LogP contribution in [-0.2, 0) is 10.0 Å². The molecular formula is C21H19N4O4S2+. The number of carbonyl (C=O) groups excluding carboxylic acids is 1. The molecule has 3 N–H and O–H groups in total. The molecule has 158 valence electrons. The van der Waals surface area contributed by atoms with Crippen LogP contribution in [0.1, 0.15) is 0 Å². The molecule has 1 unspecified atom stereocenters. The predicted octanol–water partition coefficient (Wildman–Crippen LogP) is 5.03. The van der Waals surface area contributed by atoms with Crippen LogP contribution in [0.2, 0.25) is 0 Å². The molecule has 0 saturated carbocycles. The molecular weight excluding hydrogens is 436 g/mol. The van der Waals surface area contributed by atoms with Gasteiger partial charge in [-0.15, -0.1) is 11.3 Å². The Labute approximate surface area is 183 Å². The fourth-order valence-electron chi connectivity index (χ4n) is 2.78. The first-order chi connectivity index (χ1) is 14.9. The van der Waals surface area contributed by atoms with Gasteiger partial charge >= 0.3 is 16.1 Å². The summed E-state index contributed by atoms with van der Waals surface area (Å²) in [4.78, 5) is 16.7. The van der Waals surface area contributed by atoms with E-state index in [1.165, 1.54) is 22.0 Å². The Hall–Kier alpha value is -3.63. The second kappa shape index (κ2) is 8.62. The summed E-state index contributed by atoms with van der Waals surface area (Å²) in [7, 11) is -1.96. The lowest BCUT2D eigenvalue weighted by Gasteiger charge is -2.15. The maximum absolute atomic E-state index is 13.1. The molecule has 0 aliphatic heterocycles. The van der Waals surface area contributed by atoms with E-state index in [9.17, 15) is 13.2 Å². The number of hydrogen-bond donors (Lipinski definition) is 2. The number of para-hydroxylation sites is 1. The van der Waals surface area contributed by atoms with Crippen molar-refractivity contribution in [1.29, 1.82) is 0 Å². The van der Waals surface area contributed by atoms with Gasteiger partial charge in [-0.25, -0.2) is 18.3 Å². The Bertz CT molecular complexity index is 1270. The normalized spacial score (nSPS) is 12.7. The molecule has 0 spiro atoms. The quantitative estimate of drug-likeness (QED) is 0.397. The summed E-state index contributed by atoms with van der Waals surface area (Å²) in [6, 6.07) is 18.7. The summed E-state index contributed by atoms with van der Waals surface area (Å²) in [6.45, 7) is 0. The number of rotatable bonds is 6. The minimum absolute atomic E-state index is 0.297. The van der Waals surface area contributed by atoms with E-state index >= 15 is 0 Å². The van der Waals surface area contributed by atoms with Crippen LogP contribution < -0.4 is 14.9 Å². The first-order valence-electron chi connectivity index (χ1n) is 9.16. The lowest BCUT2D eigenvalue weighted by molar-refractivity contribution is 0.262. The van der Waals surface area contributed by atoms with Gasteiger partial charge in [-0.3, -0.25) is 0 Å². The first kappa shape index (κ1) is 20.6. The Morgan fingerprint density at radius 3 is 2.35 bits per heavy atom. The van der Waals surface area contributed by atoms with E-state index in [0.717, 1.165) is 0 Å². The van der Waals surface area contributed by atoms with Gasteiger partial charge < -0.3 is 15.1 Å². The number of nitrogens with one attached hydrogen (secondary N) is 2. The molecule has 10 heteroatoms.